The molecule has 6 heteroatoms. The second-order valence-corrected chi connectivity index (χ2v) is 7.41. The van der Waals surface area contributed by atoms with E-state index in [1.54, 1.807) is 0 Å². The van der Waals surface area contributed by atoms with Crippen molar-refractivity contribution in [3.63, 3.8) is 0 Å². The molecule has 0 radical (unpaired) electrons. The summed E-state index contributed by atoms with van der Waals surface area (Å²) < 4.78 is 1.45. The van der Waals surface area contributed by atoms with Crippen LogP contribution < -0.4 is 10.9 Å². The van der Waals surface area contributed by atoms with Crippen molar-refractivity contribution in [1.82, 2.24) is 9.55 Å². The van der Waals surface area contributed by atoms with Gasteiger partial charge in [0.15, 0.2) is 0 Å². The summed E-state index contributed by atoms with van der Waals surface area (Å²) in [5, 5.41) is 3.52. The Hall–Kier alpha value is -2.47. The topological polar surface area (TPSA) is 64.0 Å². The van der Waals surface area contributed by atoms with Gasteiger partial charge in [-0.15, -0.1) is 11.3 Å². The number of hydrogen-bond donors (Lipinski definition) is 1. The van der Waals surface area contributed by atoms with Crippen molar-refractivity contribution in [2.24, 2.45) is 0 Å². The van der Waals surface area contributed by atoms with Gasteiger partial charge in [0.2, 0.25) is 5.91 Å². The molecule has 25 heavy (non-hydrogen) atoms. The summed E-state index contributed by atoms with van der Waals surface area (Å²) in [5.74, 6) is -0.207. The molecule has 1 unspecified atom stereocenters. The number of fused-ring (bicyclic) bond motifs is 1. The number of aromatic nitrogens is 2. The first kappa shape index (κ1) is 17.4. The summed E-state index contributed by atoms with van der Waals surface area (Å²) in [6.07, 6.45) is 2.00. The van der Waals surface area contributed by atoms with Crippen molar-refractivity contribution in [1.29, 1.82) is 0 Å². The van der Waals surface area contributed by atoms with Gasteiger partial charge in [-0.05, 0) is 50.5 Å². The maximum atomic E-state index is 12.9. The van der Waals surface area contributed by atoms with Gasteiger partial charge >= 0.3 is 0 Å². The molecular weight excluding hydrogens is 334 g/mol. The van der Waals surface area contributed by atoms with Crippen molar-refractivity contribution in [2.75, 3.05) is 5.32 Å². The summed E-state index contributed by atoms with van der Waals surface area (Å²) in [7, 11) is 0. The molecule has 3 rings (SSSR count). The van der Waals surface area contributed by atoms with Crippen LogP contribution in [0.4, 0.5) is 5.69 Å². The Morgan fingerprint density at radius 2 is 2.08 bits per heavy atom. The zero-order valence-corrected chi connectivity index (χ0v) is 15.6. The lowest BCUT2D eigenvalue weighted by atomic mass is 10.1. The van der Waals surface area contributed by atoms with Crippen LogP contribution in [0.25, 0.3) is 10.2 Å². The summed E-state index contributed by atoms with van der Waals surface area (Å²) in [6, 6.07) is 7.01. The molecular formula is C19H21N3O2S. The fraction of sp³-hybridized carbons (Fsp3) is 0.316. The number of nitrogens with zero attached hydrogens (tertiary/aromatic N) is 2. The van der Waals surface area contributed by atoms with Crippen LogP contribution in [0.2, 0.25) is 0 Å². The Morgan fingerprint density at radius 1 is 1.32 bits per heavy atom. The van der Waals surface area contributed by atoms with Gasteiger partial charge in [0.25, 0.3) is 5.56 Å². The number of aryl methyl sites for hydroxylation is 3. The van der Waals surface area contributed by atoms with Gasteiger partial charge in [-0.25, -0.2) is 4.98 Å². The van der Waals surface area contributed by atoms with Gasteiger partial charge < -0.3 is 5.32 Å². The predicted octanol–water partition coefficient (Wildman–Crippen LogP) is 3.97. The monoisotopic (exact) mass is 355 g/mol. The molecule has 130 valence electrons. The maximum Gasteiger partial charge on any atom is 0.263 e. The van der Waals surface area contributed by atoms with E-state index in [2.05, 4.69) is 10.3 Å². The minimum Gasteiger partial charge on any atom is -0.324 e. The average molecular weight is 355 g/mol. The zero-order valence-electron chi connectivity index (χ0n) is 14.8. The molecule has 0 spiro atoms. The highest BCUT2D eigenvalue weighted by Crippen LogP contribution is 2.26. The smallest absolute Gasteiger partial charge is 0.263 e. The second kappa shape index (κ2) is 6.80. The lowest BCUT2D eigenvalue weighted by Crippen LogP contribution is -2.33. The average Bonchev–Trinajstić information content (AvgIpc) is 2.85. The highest BCUT2D eigenvalue weighted by atomic mass is 32.1. The maximum absolute atomic E-state index is 12.9. The van der Waals surface area contributed by atoms with Crippen LogP contribution in [0.1, 0.15) is 35.4 Å². The molecule has 1 amide bonds. The fourth-order valence-corrected chi connectivity index (χ4v) is 3.91. The van der Waals surface area contributed by atoms with Gasteiger partial charge in [0.1, 0.15) is 10.9 Å². The van der Waals surface area contributed by atoms with E-state index in [9.17, 15) is 9.59 Å². The predicted molar refractivity (Wildman–Crippen MR) is 102 cm³/mol. The molecule has 0 bridgehead atoms. The molecule has 0 aliphatic rings. The van der Waals surface area contributed by atoms with E-state index in [1.807, 2.05) is 52.0 Å². The van der Waals surface area contributed by atoms with E-state index < -0.39 is 6.04 Å². The molecule has 0 saturated heterocycles. The molecule has 0 aliphatic heterocycles. The summed E-state index contributed by atoms with van der Waals surface area (Å²) >= 11 is 1.51. The van der Waals surface area contributed by atoms with Crippen molar-refractivity contribution >= 4 is 33.1 Å². The Bertz CT molecular complexity index is 1000. The molecule has 1 N–H and O–H groups in total. The lowest BCUT2D eigenvalue weighted by molar-refractivity contribution is -0.119. The molecule has 1 atom stereocenters. The number of hydrogen-bond acceptors (Lipinski definition) is 4. The van der Waals surface area contributed by atoms with Gasteiger partial charge in [-0.1, -0.05) is 19.1 Å². The van der Waals surface area contributed by atoms with Crippen LogP contribution in [0.15, 0.2) is 35.4 Å². The van der Waals surface area contributed by atoms with Crippen LogP contribution in [-0.4, -0.2) is 15.5 Å². The van der Waals surface area contributed by atoms with Crippen LogP contribution >= 0.6 is 11.3 Å². The standard InChI is InChI=1S/C19H21N3O2S/c1-5-15(17(23)21-14-8-6-7-11(2)9-14)22-10-20-18-16(19(22)24)12(3)13(4)25-18/h6-10,15H,5H2,1-4H3,(H,21,23). The van der Waals surface area contributed by atoms with Gasteiger partial charge in [0.05, 0.1) is 11.7 Å². The number of thiophene rings is 1. The molecule has 1 aromatic carbocycles. The number of benzene rings is 1. The van der Waals surface area contributed by atoms with Crippen molar-refractivity contribution in [3.8, 4) is 0 Å². The molecule has 2 aromatic heterocycles. The van der Waals surface area contributed by atoms with Gasteiger partial charge in [-0.3, -0.25) is 14.2 Å². The third kappa shape index (κ3) is 3.22. The van der Waals surface area contributed by atoms with Crippen LogP contribution in [0.5, 0.6) is 0 Å². The highest BCUT2D eigenvalue weighted by molar-refractivity contribution is 7.18. The summed E-state index contributed by atoms with van der Waals surface area (Å²) in [6.45, 7) is 7.77. The van der Waals surface area contributed by atoms with E-state index >= 15 is 0 Å². The zero-order chi connectivity index (χ0) is 18.1. The minimum atomic E-state index is -0.593. The van der Waals surface area contributed by atoms with Crippen molar-refractivity contribution in [2.45, 2.75) is 40.2 Å². The summed E-state index contributed by atoms with van der Waals surface area (Å²) in [5.41, 5.74) is 2.59. The molecule has 0 saturated carbocycles. The third-order valence-corrected chi connectivity index (χ3v) is 5.54. The Morgan fingerprint density at radius 3 is 2.76 bits per heavy atom. The van der Waals surface area contributed by atoms with E-state index in [4.69, 9.17) is 0 Å². The molecule has 0 aliphatic carbocycles. The van der Waals surface area contributed by atoms with Crippen LogP contribution in [0.3, 0.4) is 0 Å². The normalized spacial score (nSPS) is 12.3. The number of amides is 1. The van der Waals surface area contributed by atoms with Crippen LogP contribution in [-0.2, 0) is 4.79 Å². The fourth-order valence-electron chi connectivity index (χ4n) is 2.93. The number of anilines is 1. The lowest BCUT2D eigenvalue weighted by Gasteiger charge is -2.18. The largest absolute Gasteiger partial charge is 0.324 e. The van der Waals surface area contributed by atoms with E-state index in [0.29, 0.717) is 11.8 Å². The second-order valence-electron chi connectivity index (χ2n) is 6.20. The van der Waals surface area contributed by atoms with E-state index in [0.717, 1.165) is 26.5 Å². The first-order valence-corrected chi connectivity index (χ1v) is 9.08. The Labute approximate surface area is 150 Å². The van der Waals surface area contributed by atoms with Crippen molar-refractivity contribution < 1.29 is 4.79 Å². The highest BCUT2D eigenvalue weighted by Gasteiger charge is 2.22. The van der Waals surface area contributed by atoms with E-state index in [1.165, 1.54) is 22.2 Å². The molecule has 5 nitrogen and oxygen atoms in total. The number of carbonyl (C=O) groups is 1. The number of rotatable bonds is 4. The Kier molecular flexibility index (Phi) is 4.72. The minimum absolute atomic E-state index is 0.155. The first-order valence-electron chi connectivity index (χ1n) is 8.26. The van der Waals surface area contributed by atoms with Gasteiger partial charge in [0, 0.05) is 10.6 Å². The van der Waals surface area contributed by atoms with E-state index in [-0.39, 0.29) is 11.5 Å². The van der Waals surface area contributed by atoms with Crippen molar-refractivity contribution in [3.05, 3.63) is 57.0 Å². The Balaban J connectivity index is 1.99. The van der Waals surface area contributed by atoms with Crippen LogP contribution in [0, 0.1) is 20.8 Å². The third-order valence-electron chi connectivity index (χ3n) is 4.43. The van der Waals surface area contributed by atoms with Gasteiger partial charge in [-0.2, -0.15) is 0 Å². The summed E-state index contributed by atoms with van der Waals surface area (Å²) in [4.78, 5) is 31.9. The number of carbonyl (C=O) groups excluding carboxylic acids is 1. The molecule has 0 fully saturated rings. The quantitative estimate of drug-likeness (QED) is 0.770. The molecule has 3 aromatic rings. The number of nitrogens with one attached hydrogen (secondary N) is 1. The SMILES string of the molecule is CCC(C(=O)Nc1cccc(C)c1)n1cnc2sc(C)c(C)c2c1=O. The molecule has 2 heterocycles. The first-order chi connectivity index (χ1) is 11.9.